The summed E-state index contributed by atoms with van der Waals surface area (Å²) in [5.74, 6) is 1.08. The summed E-state index contributed by atoms with van der Waals surface area (Å²) in [6.45, 7) is 5.67. The summed E-state index contributed by atoms with van der Waals surface area (Å²) in [7, 11) is 1.62. The third kappa shape index (κ3) is 4.96. The predicted octanol–water partition coefficient (Wildman–Crippen LogP) is 5.08. The molecule has 3 aromatic rings. The minimum absolute atomic E-state index is 0.0431. The van der Waals surface area contributed by atoms with Crippen molar-refractivity contribution in [3.63, 3.8) is 0 Å². The van der Waals surface area contributed by atoms with Gasteiger partial charge in [-0.3, -0.25) is 14.2 Å². The van der Waals surface area contributed by atoms with Gasteiger partial charge in [0, 0.05) is 18.0 Å². The van der Waals surface area contributed by atoms with Crippen molar-refractivity contribution in [2.24, 2.45) is 0 Å². The van der Waals surface area contributed by atoms with Gasteiger partial charge in [0.15, 0.2) is 5.16 Å². The molecule has 2 heterocycles. The number of fused-ring (bicyclic) bond motifs is 3. The molecular weight excluding hydrogens is 454 g/mol. The monoisotopic (exact) mass is 485 g/mol. The second-order valence-corrected chi connectivity index (χ2v) is 10.3. The molecule has 4 rings (SSSR count). The van der Waals surface area contributed by atoms with Crippen LogP contribution in [0.2, 0.25) is 0 Å². The molecular formula is C25H31N3O3S2. The number of thioether (sulfide) groups is 1. The highest BCUT2D eigenvalue weighted by molar-refractivity contribution is 7.99. The van der Waals surface area contributed by atoms with Gasteiger partial charge in [-0.05, 0) is 68.4 Å². The minimum Gasteiger partial charge on any atom is -0.497 e. The molecule has 33 heavy (non-hydrogen) atoms. The summed E-state index contributed by atoms with van der Waals surface area (Å²) in [4.78, 5) is 35.6. The van der Waals surface area contributed by atoms with E-state index in [4.69, 9.17) is 9.72 Å². The van der Waals surface area contributed by atoms with Gasteiger partial charge in [0.2, 0.25) is 5.91 Å². The number of aromatic nitrogens is 2. The van der Waals surface area contributed by atoms with Crippen LogP contribution < -0.4 is 10.3 Å². The second kappa shape index (κ2) is 10.7. The summed E-state index contributed by atoms with van der Waals surface area (Å²) >= 11 is 2.99. The van der Waals surface area contributed by atoms with Gasteiger partial charge in [0.05, 0.1) is 23.9 Å². The maximum absolute atomic E-state index is 13.8. The van der Waals surface area contributed by atoms with Crippen molar-refractivity contribution in [1.29, 1.82) is 0 Å². The largest absolute Gasteiger partial charge is 0.497 e. The quantitative estimate of drug-likeness (QED) is 0.313. The van der Waals surface area contributed by atoms with Crippen molar-refractivity contribution in [2.45, 2.75) is 57.5 Å². The Bertz CT molecular complexity index is 1180. The van der Waals surface area contributed by atoms with Gasteiger partial charge in [-0.1, -0.05) is 25.6 Å². The standard InChI is InChI=1S/C25H31N3O3S2/c1-4-14-27(15-5-2)21(29)16-32-25-26-23-22(19-8-6-7-9-20(19)33-23)24(30)28(25)17-10-12-18(31-3)13-11-17/h10-13H,4-9,14-16H2,1-3H3. The van der Waals surface area contributed by atoms with Crippen LogP contribution >= 0.6 is 23.1 Å². The summed E-state index contributed by atoms with van der Waals surface area (Å²) in [6, 6.07) is 7.44. The van der Waals surface area contributed by atoms with E-state index in [1.54, 1.807) is 23.0 Å². The molecule has 8 heteroatoms. The number of rotatable bonds is 9. The van der Waals surface area contributed by atoms with Gasteiger partial charge in [-0.15, -0.1) is 11.3 Å². The fraction of sp³-hybridized carbons (Fsp3) is 0.480. The van der Waals surface area contributed by atoms with Crippen LogP contribution in [0.4, 0.5) is 0 Å². The molecule has 0 saturated carbocycles. The van der Waals surface area contributed by atoms with Gasteiger partial charge >= 0.3 is 0 Å². The molecule has 0 aliphatic heterocycles. The average Bonchev–Trinajstić information content (AvgIpc) is 3.21. The van der Waals surface area contributed by atoms with Gasteiger partial charge in [-0.25, -0.2) is 4.98 Å². The Balaban J connectivity index is 1.76. The van der Waals surface area contributed by atoms with E-state index < -0.39 is 0 Å². The first-order valence-corrected chi connectivity index (χ1v) is 13.5. The second-order valence-electron chi connectivity index (χ2n) is 8.29. The molecule has 1 amide bonds. The predicted molar refractivity (Wildman–Crippen MR) is 136 cm³/mol. The van der Waals surface area contributed by atoms with Crippen molar-refractivity contribution in [3.8, 4) is 11.4 Å². The number of ether oxygens (including phenoxy) is 1. The number of carbonyl (C=O) groups excluding carboxylic acids is 1. The van der Waals surface area contributed by atoms with E-state index in [0.29, 0.717) is 5.16 Å². The number of thiophene rings is 1. The van der Waals surface area contributed by atoms with E-state index in [9.17, 15) is 9.59 Å². The zero-order chi connectivity index (χ0) is 23.4. The van der Waals surface area contributed by atoms with Crippen LogP contribution in [-0.2, 0) is 17.6 Å². The molecule has 2 aromatic heterocycles. The molecule has 0 spiro atoms. The lowest BCUT2D eigenvalue weighted by molar-refractivity contribution is -0.128. The zero-order valence-corrected chi connectivity index (χ0v) is 21.2. The highest BCUT2D eigenvalue weighted by atomic mass is 32.2. The minimum atomic E-state index is -0.0431. The fourth-order valence-corrected chi connectivity index (χ4v) is 6.58. The first kappa shape index (κ1) is 23.8. The van der Waals surface area contributed by atoms with Gasteiger partial charge in [0.25, 0.3) is 5.56 Å². The highest BCUT2D eigenvalue weighted by Gasteiger charge is 2.23. The van der Waals surface area contributed by atoms with E-state index in [2.05, 4.69) is 13.8 Å². The lowest BCUT2D eigenvalue weighted by Crippen LogP contribution is -2.34. The topological polar surface area (TPSA) is 64.4 Å². The number of carbonyl (C=O) groups is 1. The Labute approximate surface area is 203 Å². The maximum atomic E-state index is 13.8. The molecule has 0 saturated heterocycles. The summed E-state index contributed by atoms with van der Waals surface area (Å²) in [5, 5.41) is 1.32. The average molecular weight is 486 g/mol. The van der Waals surface area contributed by atoms with Crippen molar-refractivity contribution < 1.29 is 9.53 Å². The van der Waals surface area contributed by atoms with Crippen molar-refractivity contribution >= 4 is 39.2 Å². The summed E-state index contributed by atoms with van der Waals surface area (Å²) in [5.41, 5.74) is 1.86. The zero-order valence-electron chi connectivity index (χ0n) is 19.6. The van der Waals surface area contributed by atoms with Crippen molar-refractivity contribution in [3.05, 3.63) is 45.1 Å². The normalized spacial score (nSPS) is 13.2. The van der Waals surface area contributed by atoms with Crippen LogP contribution in [0.25, 0.3) is 15.9 Å². The molecule has 0 fully saturated rings. The third-order valence-electron chi connectivity index (χ3n) is 5.95. The number of amides is 1. The van der Waals surface area contributed by atoms with Gasteiger partial charge < -0.3 is 9.64 Å². The Morgan fingerprint density at radius 3 is 2.52 bits per heavy atom. The fourth-order valence-electron chi connectivity index (χ4n) is 4.36. The van der Waals surface area contributed by atoms with Crippen LogP contribution in [0.1, 0.15) is 50.0 Å². The maximum Gasteiger partial charge on any atom is 0.267 e. The molecule has 1 aliphatic rings. The van der Waals surface area contributed by atoms with Crippen LogP contribution in [0.5, 0.6) is 5.75 Å². The Hall–Kier alpha value is -2.32. The van der Waals surface area contributed by atoms with E-state index in [-0.39, 0.29) is 17.2 Å². The third-order valence-corrected chi connectivity index (χ3v) is 8.06. The molecule has 1 aliphatic carbocycles. The highest BCUT2D eigenvalue weighted by Crippen LogP contribution is 2.35. The van der Waals surface area contributed by atoms with E-state index in [1.165, 1.54) is 22.2 Å². The Morgan fingerprint density at radius 1 is 1.15 bits per heavy atom. The van der Waals surface area contributed by atoms with Gasteiger partial charge in [-0.2, -0.15) is 0 Å². The number of aryl methyl sites for hydroxylation is 2. The molecule has 6 nitrogen and oxygen atoms in total. The van der Waals surface area contributed by atoms with Crippen LogP contribution in [-0.4, -0.2) is 46.3 Å². The van der Waals surface area contributed by atoms with E-state index in [1.807, 2.05) is 29.2 Å². The Kier molecular flexibility index (Phi) is 7.75. The number of hydrogen-bond acceptors (Lipinski definition) is 6. The van der Waals surface area contributed by atoms with Crippen molar-refractivity contribution in [2.75, 3.05) is 26.0 Å². The molecule has 0 bridgehead atoms. The number of nitrogens with zero attached hydrogens (tertiary/aromatic N) is 3. The summed E-state index contributed by atoms with van der Waals surface area (Å²) in [6.07, 6.45) is 6.07. The van der Waals surface area contributed by atoms with Crippen LogP contribution in [0.15, 0.2) is 34.2 Å². The number of methoxy groups -OCH3 is 1. The Morgan fingerprint density at radius 2 is 1.85 bits per heavy atom. The van der Waals surface area contributed by atoms with E-state index >= 15 is 0 Å². The van der Waals surface area contributed by atoms with Crippen molar-refractivity contribution in [1.82, 2.24) is 14.5 Å². The number of hydrogen-bond donors (Lipinski definition) is 0. The first-order valence-electron chi connectivity index (χ1n) is 11.7. The van der Waals surface area contributed by atoms with Gasteiger partial charge in [0.1, 0.15) is 10.6 Å². The lowest BCUT2D eigenvalue weighted by atomic mass is 9.97. The lowest BCUT2D eigenvalue weighted by Gasteiger charge is -2.21. The van der Waals surface area contributed by atoms with Crippen LogP contribution in [0, 0.1) is 0 Å². The number of benzene rings is 1. The summed E-state index contributed by atoms with van der Waals surface area (Å²) < 4.78 is 6.96. The molecule has 0 unspecified atom stereocenters. The SMILES string of the molecule is CCCN(CCC)C(=O)CSc1nc2sc3c(c2c(=O)n1-c1ccc(OC)cc1)CCCC3. The molecule has 1 aromatic carbocycles. The van der Waals surface area contributed by atoms with E-state index in [0.717, 1.165) is 73.3 Å². The molecule has 0 radical (unpaired) electrons. The smallest absolute Gasteiger partial charge is 0.267 e. The molecule has 0 atom stereocenters. The molecule has 176 valence electrons. The first-order chi connectivity index (χ1) is 16.1. The van der Waals surface area contributed by atoms with Crippen LogP contribution in [0.3, 0.4) is 0 Å². The molecule has 0 N–H and O–H groups in total.